The fourth-order valence-corrected chi connectivity index (χ4v) is 1.45. The van der Waals surface area contributed by atoms with Crippen molar-refractivity contribution in [3.05, 3.63) is 17.5 Å². The van der Waals surface area contributed by atoms with E-state index in [1.165, 1.54) is 4.68 Å². The summed E-state index contributed by atoms with van der Waals surface area (Å²) in [5.74, 6) is -0.966. The van der Waals surface area contributed by atoms with Crippen molar-refractivity contribution in [2.24, 2.45) is 0 Å². The van der Waals surface area contributed by atoms with Crippen molar-refractivity contribution in [2.75, 3.05) is 0 Å². The number of rotatable bonds is 5. The van der Waals surface area contributed by atoms with Gasteiger partial charge in [0.05, 0.1) is 0 Å². The number of carbonyl (C=O) groups is 1. The summed E-state index contributed by atoms with van der Waals surface area (Å²) in [6.45, 7) is 1.91. The topological polar surface area (TPSA) is 55.1 Å². The fourth-order valence-electron chi connectivity index (χ4n) is 1.45. The van der Waals surface area contributed by atoms with Gasteiger partial charge in [-0.15, -0.1) is 0 Å². The van der Waals surface area contributed by atoms with E-state index in [2.05, 4.69) is 5.10 Å². The number of hydrogen-bond donors (Lipinski definition) is 1. The number of carboxylic acid groups (broad SMARTS) is 1. The fraction of sp³-hybridized carbons (Fsp3) is 0.600. The lowest BCUT2D eigenvalue weighted by Gasteiger charge is -2.04. The SMILES string of the molecule is CCc1cc(C(F)(F)F)nn1CCCC(=O)O. The highest BCUT2D eigenvalue weighted by Gasteiger charge is 2.34. The van der Waals surface area contributed by atoms with Gasteiger partial charge in [-0.25, -0.2) is 0 Å². The maximum absolute atomic E-state index is 12.4. The minimum absolute atomic E-state index is 0.0790. The normalized spacial score (nSPS) is 11.8. The molecule has 0 aromatic carbocycles. The molecule has 0 bridgehead atoms. The van der Waals surface area contributed by atoms with E-state index in [4.69, 9.17) is 5.11 Å². The molecule has 0 spiro atoms. The van der Waals surface area contributed by atoms with Crippen molar-refractivity contribution in [1.29, 1.82) is 0 Å². The molecule has 4 nitrogen and oxygen atoms in total. The summed E-state index contributed by atoms with van der Waals surface area (Å²) in [5.41, 5.74) is -0.465. The Labute approximate surface area is 96.0 Å². The Hall–Kier alpha value is -1.53. The Morgan fingerprint density at radius 3 is 2.65 bits per heavy atom. The molecule has 1 aromatic rings. The van der Waals surface area contributed by atoms with E-state index < -0.39 is 17.8 Å². The number of carboxylic acids is 1. The van der Waals surface area contributed by atoms with Crippen LogP contribution in [0.15, 0.2) is 6.07 Å². The number of aliphatic carboxylic acids is 1. The van der Waals surface area contributed by atoms with E-state index in [0.29, 0.717) is 12.1 Å². The molecular weight excluding hydrogens is 237 g/mol. The third-order valence-electron chi connectivity index (χ3n) is 2.28. The van der Waals surface area contributed by atoms with Gasteiger partial charge >= 0.3 is 12.1 Å². The Morgan fingerprint density at radius 2 is 2.18 bits per heavy atom. The van der Waals surface area contributed by atoms with Gasteiger partial charge in [0.25, 0.3) is 0 Å². The average molecular weight is 250 g/mol. The summed E-state index contributed by atoms with van der Waals surface area (Å²) < 4.78 is 38.4. The first kappa shape index (κ1) is 13.5. The number of alkyl halides is 3. The molecule has 1 heterocycles. The quantitative estimate of drug-likeness (QED) is 0.872. The van der Waals surface area contributed by atoms with E-state index in [-0.39, 0.29) is 19.4 Å². The van der Waals surface area contributed by atoms with Gasteiger partial charge in [-0.3, -0.25) is 9.48 Å². The average Bonchev–Trinajstić information content (AvgIpc) is 2.60. The molecule has 0 saturated carbocycles. The molecule has 0 amide bonds. The zero-order chi connectivity index (χ0) is 13.1. The molecule has 7 heteroatoms. The standard InChI is InChI=1S/C10H13F3N2O2/c1-2-7-6-8(10(11,12)13)14-15(7)5-3-4-9(16)17/h6H,2-5H2,1H3,(H,16,17). The van der Waals surface area contributed by atoms with Gasteiger partial charge in [0.15, 0.2) is 5.69 Å². The third kappa shape index (κ3) is 3.76. The van der Waals surface area contributed by atoms with Gasteiger partial charge in [-0.2, -0.15) is 18.3 Å². The van der Waals surface area contributed by atoms with Gasteiger partial charge < -0.3 is 5.11 Å². The highest BCUT2D eigenvalue weighted by Crippen LogP contribution is 2.28. The van der Waals surface area contributed by atoms with Crippen molar-refractivity contribution < 1.29 is 23.1 Å². The van der Waals surface area contributed by atoms with E-state index in [1.54, 1.807) is 6.92 Å². The lowest BCUT2D eigenvalue weighted by Crippen LogP contribution is -2.09. The highest BCUT2D eigenvalue weighted by molar-refractivity contribution is 5.66. The molecule has 1 N–H and O–H groups in total. The summed E-state index contributed by atoms with van der Waals surface area (Å²) in [7, 11) is 0. The van der Waals surface area contributed by atoms with Crippen LogP contribution in [0.4, 0.5) is 13.2 Å². The molecule has 0 saturated heterocycles. The number of halogens is 3. The van der Waals surface area contributed by atoms with Crippen LogP contribution in [-0.2, 0) is 23.9 Å². The van der Waals surface area contributed by atoms with Gasteiger partial charge in [0, 0.05) is 18.7 Å². The first-order chi connectivity index (χ1) is 7.84. The summed E-state index contributed by atoms with van der Waals surface area (Å²) in [6, 6.07) is 1.00. The van der Waals surface area contributed by atoms with Crippen LogP contribution in [0.3, 0.4) is 0 Å². The smallest absolute Gasteiger partial charge is 0.435 e. The molecule has 0 aliphatic rings. The third-order valence-corrected chi connectivity index (χ3v) is 2.28. The number of aryl methyl sites for hydroxylation is 2. The van der Waals surface area contributed by atoms with Crippen LogP contribution in [0, 0.1) is 0 Å². The predicted octanol–water partition coefficient (Wildman–Crippen LogP) is 2.33. The zero-order valence-corrected chi connectivity index (χ0v) is 9.29. The first-order valence-electron chi connectivity index (χ1n) is 5.20. The van der Waals surface area contributed by atoms with Crippen LogP contribution in [0.1, 0.15) is 31.2 Å². The van der Waals surface area contributed by atoms with Crippen LogP contribution in [0.5, 0.6) is 0 Å². The molecule has 96 valence electrons. The Bertz CT molecular complexity index is 399. The monoisotopic (exact) mass is 250 g/mol. The zero-order valence-electron chi connectivity index (χ0n) is 9.29. The largest absolute Gasteiger partial charge is 0.481 e. The maximum Gasteiger partial charge on any atom is 0.435 e. The Kier molecular flexibility index (Phi) is 4.14. The minimum Gasteiger partial charge on any atom is -0.481 e. The number of aromatic nitrogens is 2. The van der Waals surface area contributed by atoms with E-state index in [1.807, 2.05) is 0 Å². The molecule has 1 aromatic heterocycles. The second-order valence-corrected chi connectivity index (χ2v) is 3.59. The van der Waals surface area contributed by atoms with Crippen molar-refractivity contribution in [3.63, 3.8) is 0 Å². The number of hydrogen-bond acceptors (Lipinski definition) is 2. The molecular formula is C10H13F3N2O2. The van der Waals surface area contributed by atoms with E-state index in [9.17, 15) is 18.0 Å². The molecule has 17 heavy (non-hydrogen) atoms. The lowest BCUT2D eigenvalue weighted by atomic mass is 10.3. The van der Waals surface area contributed by atoms with E-state index in [0.717, 1.165) is 6.07 Å². The van der Waals surface area contributed by atoms with Crippen molar-refractivity contribution in [2.45, 2.75) is 38.9 Å². The second kappa shape index (κ2) is 5.20. The molecule has 0 unspecified atom stereocenters. The number of nitrogens with zero attached hydrogens (tertiary/aromatic N) is 2. The Balaban J connectivity index is 2.77. The molecule has 0 fully saturated rings. The molecule has 0 radical (unpaired) electrons. The van der Waals surface area contributed by atoms with Gasteiger partial charge in [-0.05, 0) is 18.9 Å². The minimum atomic E-state index is -4.46. The van der Waals surface area contributed by atoms with Gasteiger partial charge in [0.1, 0.15) is 0 Å². The molecule has 0 atom stereocenters. The van der Waals surface area contributed by atoms with Crippen LogP contribution in [-0.4, -0.2) is 20.9 Å². The molecule has 0 aliphatic heterocycles. The van der Waals surface area contributed by atoms with Crippen LogP contribution < -0.4 is 0 Å². The summed E-state index contributed by atoms with van der Waals surface area (Å²) in [5, 5.41) is 11.9. The maximum atomic E-state index is 12.4. The highest BCUT2D eigenvalue weighted by atomic mass is 19.4. The van der Waals surface area contributed by atoms with Crippen molar-refractivity contribution >= 4 is 5.97 Å². The van der Waals surface area contributed by atoms with Crippen LogP contribution >= 0.6 is 0 Å². The van der Waals surface area contributed by atoms with Gasteiger partial charge in [0.2, 0.25) is 0 Å². The first-order valence-corrected chi connectivity index (χ1v) is 5.20. The second-order valence-electron chi connectivity index (χ2n) is 3.59. The summed E-state index contributed by atoms with van der Waals surface area (Å²) in [4.78, 5) is 10.3. The van der Waals surface area contributed by atoms with E-state index >= 15 is 0 Å². The van der Waals surface area contributed by atoms with Crippen molar-refractivity contribution in [1.82, 2.24) is 9.78 Å². The van der Waals surface area contributed by atoms with Crippen molar-refractivity contribution in [3.8, 4) is 0 Å². The lowest BCUT2D eigenvalue weighted by molar-refractivity contribution is -0.141. The summed E-state index contributed by atoms with van der Waals surface area (Å²) in [6.07, 6.45) is -3.84. The van der Waals surface area contributed by atoms with Crippen LogP contribution in [0.25, 0.3) is 0 Å². The molecule has 0 aliphatic carbocycles. The van der Waals surface area contributed by atoms with Gasteiger partial charge in [-0.1, -0.05) is 6.92 Å². The Morgan fingerprint density at radius 1 is 1.53 bits per heavy atom. The predicted molar refractivity (Wildman–Crippen MR) is 53.5 cm³/mol. The van der Waals surface area contributed by atoms with Crippen LogP contribution in [0.2, 0.25) is 0 Å². The summed E-state index contributed by atoms with van der Waals surface area (Å²) >= 11 is 0. The molecule has 1 rings (SSSR count).